The lowest BCUT2D eigenvalue weighted by atomic mass is 10.2. The molecule has 0 radical (unpaired) electrons. The molecule has 84 valence electrons. The Labute approximate surface area is 104 Å². The van der Waals surface area contributed by atoms with Crippen molar-refractivity contribution in [3.05, 3.63) is 32.8 Å². The highest BCUT2D eigenvalue weighted by atomic mass is 35.5. The van der Waals surface area contributed by atoms with E-state index in [1.54, 1.807) is 12.1 Å². The molecule has 0 unspecified atom stereocenters. The molecule has 0 heterocycles. The highest BCUT2D eigenvalue weighted by Gasteiger charge is 2.10. The van der Waals surface area contributed by atoms with E-state index in [2.05, 4.69) is 5.32 Å². The highest BCUT2D eigenvalue weighted by Crippen LogP contribution is 2.31. The van der Waals surface area contributed by atoms with E-state index in [4.69, 9.17) is 39.9 Å². The average molecular weight is 269 g/mol. The van der Waals surface area contributed by atoms with Crippen molar-refractivity contribution < 1.29 is 5.11 Å². The predicted octanol–water partition coefficient (Wildman–Crippen LogP) is 3.12. The zero-order chi connectivity index (χ0) is 11.4. The van der Waals surface area contributed by atoms with Gasteiger partial charge in [0.05, 0.1) is 16.7 Å². The van der Waals surface area contributed by atoms with Crippen molar-refractivity contribution in [3.8, 4) is 0 Å². The molecule has 5 heteroatoms. The SMILES string of the molecule is C[C@H](CO)NCc1c(Cl)ccc(Cl)c1Cl. The molecule has 0 saturated heterocycles. The lowest BCUT2D eigenvalue weighted by Crippen LogP contribution is -2.28. The molecular formula is C10H12Cl3NO. The maximum atomic E-state index is 8.85. The molecule has 0 aliphatic heterocycles. The largest absolute Gasteiger partial charge is 0.395 e. The molecule has 1 rings (SSSR count). The van der Waals surface area contributed by atoms with E-state index >= 15 is 0 Å². The normalized spacial score (nSPS) is 12.9. The third-order valence-electron chi connectivity index (χ3n) is 2.04. The van der Waals surface area contributed by atoms with Crippen molar-refractivity contribution in [1.29, 1.82) is 0 Å². The second kappa shape index (κ2) is 5.92. The molecule has 1 aromatic rings. The van der Waals surface area contributed by atoms with Crippen LogP contribution in [0.5, 0.6) is 0 Å². The molecular weight excluding hydrogens is 256 g/mol. The van der Waals surface area contributed by atoms with Crippen LogP contribution >= 0.6 is 34.8 Å². The standard InChI is InChI=1S/C10H12Cl3NO/c1-6(5-15)14-4-7-8(11)2-3-9(12)10(7)13/h2-3,6,14-15H,4-5H2,1H3/t6-/m1/s1. The van der Waals surface area contributed by atoms with Crippen LogP contribution in [0.3, 0.4) is 0 Å². The summed E-state index contributed by atoms with van der Waals surface area (Å²) < 4.78 is 0. The van der Waals surface area contributed by atoms with Gasteiger partial charge in [0.2, 0.25) is 0 Å². The Balaban J connectivity index is 2.80. The fourth-order valence-electron chi connectivity index (χ4n) is 1.07. The summed E-state index contributed by atoms with van der Waals surface area (Å²) in [5.41, 5.74) is 0.756. The van der Waals surface area contributed by atoms with E-state index in [0.29, 0.717) is 21.6 Å². The maximum Gasteiger partial charge on any atom is 0.0652 e. The van der Waals surface area contributed by atoms with Crippen LogP contribution in [-0.2, 0) is 6.54 Å². The van der Waals surface area contributed by atoms with Crippen LogP contribution < -0.4 is 5.32 Å². The van der Waals surface area contributed by atoms with E-state index in [9.17, 15) is 0 Å². The predicted molar refractivity (Wildman–Crippen MR) is 64.9 cm³/mol. The molecule has 1 aromatic carbocycles. The third kappa shape index (κ3) is 3.51. The lowest BCUT2D eigenvalue weighted by molar-refractivity contribution is 0.251. The minimum atomic E-state index is -0.00360. The summed E-state index contributed by atoms with van der Waals surface area (Å²) in [5.74, 6) is 0. The molecule has 2 nitrogen and oxygen atoms in total. The second-order valence-electron chi connectivity index (χ2n) is 3.29. The van der Waals surface area contributed by atoms with Gasteiger partial charge in [-0.2, -0.15) is 0 Å². The highest BCUT2D eigenvalue weighted by molar-refractivity contribution is 6.44. The molecule has 0 saturated carbocycles. The smallest absolute Gasteiger partial charge is 0.0652 e. The summed E-state index contributed by atoms with van der Waals surface area (Å²) in [7, 11) is 0. The number of hydrogen-bond donors (Lipinski definition) is 2. The monoisotopic (exact) mass is 267 g/mol. The van der Waals surface area contributed by atoms with Crippen molar-refractivity contribution >= 4 is 34.8 Å². The summed E-state index contributed by atoms with van der Waals surface area (Å²) in [6, 6.07) is 3.36. The first kappa shape index (κ1) is 13.1. The molecule has 15 heavy (non-hydrogen) atoms. The number of hydrogen-bond acceptors (Lipinski definition) is 2. The number of nitrogens with one attached hydrogen (secondary N) is 1. The Kier molecular flexibility index (Phi) is 5.16. The number of rotatable bonds is 4. The fourth-order valence-corrected chi connectivity index (χ4v) is 1.75. The molecule has 0 aliphatic carbocycles. The lowest BCUT2D eigenvalue weighted by Gasteiger charge is -2.13. The Morgan fingerprint density at radius 2 is 1.87 bits per heavy atom. The molecule has 0 aliphatic rings. The van der Waals surface area contributed by atoms with E-state index in [-0.39, 0.29) is 12.6 Å². The van der Waals surface area contributed by atoms with Gasteiger partial charge in [-0.1, -0.05) is 34.8 Å². The summed E-state index contributed by atoms with van der Waals surface area (Å²) in [5, 5.41) is 13.4. The van der Waals surface area contributed by atoms with Crippen LogP contribution in [-0.4, -0.2) is 17.8 Å². The first-order valence-electron chi connectivity index (χ1n) is 4.53. The van der Waals surface area contributed by atoms with Crippen LogP contribution in [0, 0.1) is 0 Å². The first-order valence-corrected chi connectivity index (χ1v) is 5.66. The Morgan fingerprint density at radius 3 is 2.47 bits per heavy atom. The number of aliphatic hydroxyl groups excluding tert-OH is 1. The van der Waals surface area contributed by atoms with Gasteiger partial charge in [-0.25, -0.2) is 0 Å². The zero-order valence-corrected chi connectivity index (χ0v) is 10.5. The fraction of sp³-hybridized carbons (Fsp3) is 0.400. The average Bonchev–Trinajstić information content (AvgIpc) is 2.23. The number of halogens is 3. The van der Waals surface area contributed by atoms with E-state index in [1.807, 2.05) is 6.92 Å². The first-order chi connectivity index (χ1) is 7.06. The van der Waals surface area contributed by atoms with Gasteiger partial charge in [-0.3, -0.25) is 0 Å². The van der Waals surface area contributed by atoms with Crippen molar-refractivity contribution in [2.24, 2.45) is 0 Å². The summed E-state index contributed by atoms with van der Waals surface area (Å²) in [6.45, 7) is 2.42. The topological polar surface area (TPSA) is 32.3 Å². The van der Waals surface area contributed by atoms with E-state index in [0.717, 1.165) is 5.56 Å². The van der Waals surface area contributed by atoms with Crippen LogP contribution in [0.15, 0.2) is 12.1 Å². The van der Waals surface area contributed by atoms with Gasteiger partial charge in [0.25, 0.3) is 0 Å². The van der Waals surface area contributed by atoms with Gasteiger partial charge >= 0.3 is 0 Å². The Hall–Kier alpha value is 0.01000. The molecule has 0 fully saturated rings. The van der Waals surface area contributed by atoms with Crippen molar-refractivity contribution in [2.45, 2.75) is 19.5 Å². The van der Waals surface area contributed by atoms with Crippen LogP contribution in [0.4, 0.5) is 0 Å². The van der Waals surface area contributed by atoms with Crippen LogP contribution in [0.25, 0.3) is 0 Å². The van der Waals surface area contributed by atoms with Gasteiger partial charge in [0.1, 0.15) is 0 Å². The molecule has 2 N–H and O–H groups in total. The summed E-state index contributed by atoms with van der Waals surface area (Å²) >= 11 is 17.9. The maximum absolute atomic E-state index is 8.85. The Bertz CT molecular complexity index is 344. The number of benzene rings is 1. The van der Waals surface area contributed by atoms with Gasteiger partial charge < -0.3 is 10.4 Å². The molecule has 0 bridgehead atoms. The summed E-state index contributed by atoms with van der Waals surface area (Å²) in [6.07, 6.45) is 0. The van der Waals surface area contributed by atoms with Crippen molar-refractivity contribution in [3.63, 3.8) is 0 Å². The van der Waals surface area contributed by atoms with Crippen molar-refractivity contribution in [2.75, 3.05) is 6.61 Å². The van der Waals surface area contributed by atoms with E-state index < -0.39 is 0 Å². The van der Waals surface area contributed by atoms with E-state index in [1.165, 1.54) is 0 Å². The second-order valence-corrected chi connectivity index (χ2v) is 4.48. The third-order valence-corrected chi connectivity index (χ3v) is 3.24. The number of aliphatic hydroxyl groups is 1. The molecule has 0 spiro atoms. The van der Waals surface area contributed by atoms with Crippen LogP contribution in [0.2, 0.25) is 15.1 Å². The summed E-state index contributed by atoms with van der Waals surface area (Å²) in [4.78, 5) is 0. The van der Waals surface area contributed by atoms with Crippen molar-refractivity contribution in [1.82, 2.24) is 5.32 Å². The van der Waals surface area contributed by atoms with Gasteiger partial charge in [-0.15, -0.1) is 0 Å². The van der Waals surface area contributed by atoms with Gasteiger partial charge in [-0.05, 0) is 19.1 Å². The van der Waals surface area contributed by atoms with Gasteiger partial charge in [0.15, 0.2) is 0 Å². The molecule has 1 atom stereocenters. The quantitative estimate of drug-likeness (QED) is 0.823. The molecule has 0 amide bonds. The zero-order valence-electron chi connectivity index (χ0n) is 8.23. The minimum Gasteiger partial charge on any atom is -0.395 e. The molecule has 0 aromatic heterocycles. The minimum absolute atomic E-state index is 0.00360. The van der Waals surface area contributed by atoms with Crippen LogP contribution in [0.1, 0.15) is 12.5 Å². The Morgan fingerprint density at radius 1 is 1.27 bits per heavy atom. The van der Waals surface area contributed by atoms with Gasteiger partial charge in [0, 0.05) is 23.2 Å².